The van der Waals surface area contributed by atoms with Crippen LogP contribution in [0, 0.1) is 11.8 Å². The van der Waals surface area contributed by atoms with Crippen molar-refractivity contribution < 1.29 is 28.7 Å². The quantitative estimate of drug-likeness (QED) is 0.348. The highest BCUT2D eigenvalue weighted by Crippen LogP contribution is 2.33. The van der Waals surface area contributed by atoms with Gasteiger partial charge in [0.05, 0.1) is 13.7 Å². The molecule has 0 radical (unpaired) electrons. The Morgan fingerprint density at radius 1 is 1.06 bits per heavy atom. The van der Waals surface area contributed by atoms with Gasteiger partial charge in [0, 0.05) is 27.9 Å². The molecule has 184 valence electrons. The normalized spacial score (nSPS) is 24.5. The summed E-state index contributed by atoms with van der Waals surface area (Å²) in [7, 11) is 1.51. The fourth-order valence-electron chi connectivity index (χ4n) is 4.50. The van der Waals surface area contributed by atoms with Gasteiger partial charge in [-0.15, -0.1) is 11.3 Å². The van der Waals surface area contributed by atoms with Crippen LogP contribution in [0.25, 0.3) is 0 Å². The Kier molecular flexibility index (Phi) is 5.44. The predicted molar refractivity (Wildman–Crippen MR) is 127 cm³/mol. The minimum atomic E-state index is -1.66. The van der Waals surface area contributed by atoms with Gasteiger partial charge in [-0.1, -0.05) is 24.8 Å². The summed E-state index contributed by atoms with van der Waals surface area (Å²) in [5.41, 5.74) is -1.12. The number of amides is 7. The van der Waals surface area contributed by atoms with E-state index in [0.717, 1.165) is 5.56 Å². The SMILES string of the molecule is CCC1(c2cc(C#CC3(CN4Cc5ccc(OC)cc5C4=O)NC(=O)NC3=O)cs2)NC(=O)NC1=O. The molecule has 4 N–H and O–H groups in total. The Morgan fingerprint density at radius 3 is 2.44 bits per heavy atom. The summed E-state index contributed by atoms with van der Waals surface area (Å²) in [5, 5.41) is 11.4. The number of rotatable bonds is 5. The topological polar surface area (TPSA) is 146 Å². The van der Waals surface area contributed by atoms with Crippen LogP contribution in [-0.2, 0) is 21.7 Å². The molecule has 3 aliphatic heterocycles. The monoisotopic (exact) mass is 507 g/mol. The van der Waals surface area contributed by atoms with Crippen molar-refractivity contribution in [1.29, 1.82) is 0 Å². The second kappa shape index (κ2) is 8.39. The van der Waals surface area contributed by atoms with Crippen molar-refractivity contribution in [3.63, 3.8) is 0 Å². The molecule has 0 bridgehead atoms. The Bertz CT molecular complexity index is 1410. The third-order valence-corrected chi connectivity index (χ3v) is 7.57. The van der Waals surface area contributed by atoms with E-state index in [1.807, 2.05) is 0 Å². The lowest BCUT2D eigenvalue weighted by Crippen LogP contribution is -2.54. The first-order valence-corrected chi connectivity index (χ1v) is 11.9. The average Bonchev–Trinajstić information content (AvgIpc) is 3.58. The second-order valence-corrected chi connectivity index (χ2v) is 9.53. The molecule has 4 heterocycles. The number of thiophene rings is 1. The van der Waals surface area contributed by atoms with Crippen LogP contribution in [0.15, 0.2) is 29.6 Å². The van der Waals surface area contributed by atoms with E-state index >= 15 is 0 Å². The zero-order valence-corrected chi connectivity index (χ0v) is 20.1. The number of urea groups is 2. The maximum absolute atomic E-state index is 13.0. The van der Waals surface area contributed by atoms with Crippen LogP contribution in [0.4, 0.5) is 9.59 Å². The molecule has 3 aliphatic rings. The number of carbonyl (C=O) groups excluding carboxylic acids is 5. The molecule has 1 aromatic carbocycles. The third kappa shape index (κ3) is 3.64. The molecule has 1 aromatic heterocycles. The molecule has 0 saturated carbocycles. The number of imide groups is 2. The van der Waals surface area contributed by atoms with Gasteiger partial charge in [0.1, 0.15) is 5.75 Å². The minimum Gasteiger partial charge on any atom is -0.497 e. The van der Waals surface area contributed by atoms with Crippen LogP contribution in [0.3, 0.4) is 0 Å². The first kappa shape index (κ1) is 23.4. The van der Waals surface area contributed by atoms with Crippen molar-refractivity contribution in [2.75, 3.05) is 13.7 Å². The lowest BCUT2D eigenvalue weighted by molar-refractivity contribution is -0.124. The fraction of sp³-hybridized carbons (Fsp3) is 0.292. The van der Waals surface area contributed by atoms with Crippen molar-refractivity contribution in [3.8, 4) is 17.6 Å². The molecule has 2 atom stereocenters. The zero-order chi connectivity index (χ0) is 25.7. The molecule has 2 saturated heterocycles. The highest BCUT2D eigenvalue weighted by atomic mass is 32.1. The molecule has 0 aliphatic carbocycles. The smallest absolute Gasteiger partial charge is 0.323 e. The van der Waals surface area contributed by atoms with Crippen molar-refractivity contribution in [2.45, 2.75) is 31.0 Å². The van der Waals surface area contributed by atoms with Crippen molar-refractivity contribution in [2.24, 2.45) is 0 Å². The number of methoxy groups -OCH3 is 1. The van der Waals surface area contributed by atoms with Crippen LogP contribution in [0.1, 0.15) is 39.7 Å². The number of nitrogens with zero attached hydrogens (tertiary/aromatic N) is 1. The number of nitrogens with one attached hydrogen (secondary N) is 4. The Labute approximate surface area is 209 Å². The molecule has 2 aromatic rings. The van der Waals surface area contributed by atoms with Crippen LogP contribution < -0.4 is 26.0 Å². The molecule has 5 rings (SSSR count). The number of fused-ring (bicyclic) bond motifs is 1. The van der Waals surface area contributed by atoms with Gasteiger partial charge < -0.3 is 20.3 Å². The van der Waals surface area contributed by atoms with Gasteiger partial charge in [0.15, 0.2) is 5.54 Å². The van der Waals surface area contributed by atoms with Crippen LogP contribution in [-0.4, -0.2) is 53.9 Å². The van der Waals surface area contributed by atoms with Gasteiger partial charge >= 0.3 is 12.1 Å². The first-order chi connectivity index (χ1) is 17.2. The van der Waals surface area contributed by atoms with Crippen LogP contribution in [0.2, 0.25) is 0 Å². The molecule has 36 heavy (non-hydrogen) atoms. The number of ether oxygens (including phenoxy) is 1. The average molecular weight is 508 g/mol. The van der Waals surface area contributed by atoms with E-state index in [1.54, 1.807) is 36.6 Å². The van der Waals surface area contributed by atoms with Gasteiger partial charge in [-0.3, -0.25) is 25.0 Å². The molecular formula is C24H21N5O6S. The molecule has 11 nitrogen and oxygen atoms in total. The van der Waals surface area contributed by atoms with E-state index in [2.05, 4.69) is 33.1 Å². The van der Waals surface area contributed by atoms with E-state index in [0.29, 0.717) is 28.2 Å². The van der Waals surface area contributed by atoms with Gasteiger partial charge in [-0.2, -0.15) is 0 Å². The highest BCUT2D eigenvalue weighted by molar-refractivity contribution is 7.10. The predicted octanol–water partition coefficient (Wildman–Crippen LogP) is 0.787. The molecule has 7 amide bonds. The fourth-order valence-corrected chi connectivity index (χ4v) is 5.57. The van der Waals surface area contributed by atoms with E-state index in [-0.39, 0.29) is 19.0 Å². The summed E-state index contributed by atoms with van der Waals surface area (Å²) in [4.78, 5) is 64.1. The third-order valence-electron chi connectivity index (χ3n) is 6.48. The number of hydrogen-bond acceptors (Lipinski definition) is 7. The lowest BCUT2D eigenvalue weighted by atomic mass is 9.94. The van der Waals surface area contributed by atoms with E-state index in [1.165, 1.54) is 23.3 Å². The summed E-state index contributed by atoms with van der Waals surface area (Å²) in [5.74, 6) is 4.88. The van der Waals surface area contributed by atoms with Crippen LogP contribution in [0.5, 0.6) is 5.75 Å². The van der Waals surface area contributed by atoms with Crippen molar-refractivity contribution in [1.82, 2.24) is 26.2 Å². The lowest BCUT2D eigenvalue weighted by Gasteiger charge is -2.26. The maximum Gasteiger partial charge on any atom is 0.323 e. The largest absolute Gasteiger partial charge is 0.497 e. The highest BCUT2D eigenvalue weighted by Gasteiger charge is 2.49. The summed E-state index contributed by atoms with van der Waals surface area (Å²) in [6.07, 6.45) is 0.336. The summed E-state index contributed by atoms with van der Waals surface area (Å²) in [6, 6.07) is 5.56. The summed E-state index contributed by atoms with van der Waals surface area (Å²) < 4.78 is 5.20. The van der Waals surface area contributed by atoms with Crippen molar-refractivity contribution >= 4 is 41.1 Å². The Balaban J connectivity index is 1.43. The Morgan fingerprint density at radius 2 is 1.81 bits per heavy atom. The van der Waals surface area contributed by atoms with Gasteiger partial charge in [0.2, 0.25) is 5.54 Å². The molecule has 2 unspecified atom stereocenters. The number of hydrogen-bond donors (Lipinski definition) is 4. The van der Waals surface area contributed by atoms with Gasteiger partial charge in [-0.25, -0.2) is 9.59 Å². The van der Waals surface area contributed by atoms with Gasteiger partial charge in [0.25, 0.3) is 17.7 Å². The standard InChI is InChI=1S/C24H21N5O6S/c1-3-24(20(32)26-22(34)28-24)17-8-13(11-36-17)6-7-23(19(31)25-21(33)27-23)12-29-10-14-4-5-15(35-2)9-16(14)18(29)30/h4-5,8-9,11H,3,10,12H2,1-2H3,(H2,25,27,31,33)(H2,26,28,32,34). The molecule has 12 heteroatoms. The number of carbonyl (C=O) groups is 5. The summed E-state index contributed by atoms with van der Waals surface area (Å²) in [6.45, 7) is 1.87. The van der Waals surface area contributed by atoms with Crippen LogP contribution >= 0.6 is 11.3 Å². The maximum atomic E-state index is 13.0. The molecular weight excluding hydrogens is 486 g/mol. The van der Waals surface area contributed by atoms with Gasteiger partial charge in [-0.05, 0) is 30.2 Å². The zero-order valence-electron chi connectivity index (χ0n) is 19.3. The molecule has 0 spiro atoms. The first-order valence-electron chi connectivity index (χ1n) is 11.1. The molecule has 2 fully saturated rings. The van der Waals surface area contributed by atoms with E-state index in [9.17, 15) is 24.0 Å². The Hall–Kier alpha value is -4.37. The second-order valence-electron chi connectivity index (χ2n) is 8.61. The number of benzene rings is 1. The van der Waals surface area contributed by atoms with Crippen molar-refractivity contribution in [3.05, 3.63) is 51.2 Å². The van der Waals surface area contributed by atoms with E-state index in [4.69, 9.17) is 4.74 Å². The van der Waals surface area contributed by atoms with E-state index < -0.39 is 35.0 Å². The minimum absolute atomic E-state index is 0.165. The summed E-state index contributed by atoms with van der Waals surface area (Å²) >= 11 is 1.24.